The molecule has 0 aliphatic rings. The molecule has 4 aromatic rings. The first-order chi connectivity index (χ1) is 18.8. The van der Waals surface area contributed by atoms with Crippen molar-refractivity contribution in [3.05, 3.63) is 121 Å². The SMILES string of the molecule is CCCCCCCN(CCP(c1ccccc1)c1ccccc1)CCP(c1ccccc1)c1ccccc1. The first-order valence-corrected chi connectivity index (χ1v) is 17.4. The van der Waals surface area contributed by atoms with Crippen LogP contribution in [0, 0.1) is 0 Å². The van der Waals surface area contributed by atoms with Gasteiger partial charge in [-0.25, -0.2) is 0 Å². The Labute approximate surface area is 233 Å². The first-order valence-electron chi connectivity index (χ1n) is 14.3. The lowest BCUT2D eigenvalue weighted by Crippen LogP contribution is -2.33. The molecule has 0 N–H and O–H groups in total. The van der Waals surface area contributed by atoms with Gasteiger partial charge in [0.05, 0.1) is 0 Å². The standard InChI is InChI=1S/C35H43NP2/c1-2-3-4-5-18-27-36(28-30-37(32-19-10-6-11-20-32)33-21-12-7-13-22-33)29-31-38(34-23-14-8-15-24-34)35-25-16-9-17-26-35/h6-17,19-26H,2-5,18,27-31H2,1H3. The Morgan fingerprint density at radius 3 is 1.11 bits per heavy atom. The van der Waals surface area contributed by atoms with E-state index in [1.807, 2.05) is 0 Å². The summed E-state index contributed by atoms with van der Waals surface area (Å²) >= 11 is 0. The highest BCUT2D eigenvalue weighted by atomic mass is 31.1. The van der Waals surface area contributed by atoms with Gasteiger partial charge in [0.25, 0.3) is 0 Å². The van der Waals surface area contributed by atoms with Crippen LogP contribution < -0.4 is 21.2 Å². The third kappa shape index (κ3) is 9.17. The zero-order valence-corrected chi connectivity index (χ0v) is 24.7. The molecule has 0 aliphatic carbocycles. The Kier molecular flexibility index (Phi) is 12.6. The zero-order chi connectivity index (χ0) is 26.3. The van der Waals surface area contributed by atoms with Crippen LogP contribution in [0.2, 0.25) is 0 Å². The molecular formula is C35H43NP2. The number of unbranched alkanes of at least 4 members (excludes halogenated alkanes) is 4. The maximum Gasteiger partial charge on any atom is 0.00268 e. The molecule has 38 heavy (non-hydrogen) atoms. The average Bonchev–Trinajstić information content (AvgIpc) is 2.99. The molecule has 0 fully saturated rings. The fraction of sp³-hybridized carbons (Fsp3) is 0.314. The number of rotatable bonds is 16. The molecule has 0 bridgehead atoms. The summed E-state index contributed by atoms with van der Waals surface area (Å²) in [4.78, 5) is 2.79. The number of hydrogen-bond donors (Lipinski definition) is 0. The molecule has 1 nitrogen and oxygen atoms in total. The first kappa shape index (κ1) is 28.7. The second-order valence-electron chi connectivity index (χ2n) is 9.90. The molecular weight excluding hydrogens is 496 g/mol. The molecule has 0 aliphatic heterocycles. The van der Waals surface area contributed by atoms with Crippen molar-refractivity contribution in [3.8, 4) is 0 Å². The quantitative estimate of drug-likeness (QED) is 0.105. The van der Waals surface area contributed by atoms with Gasteiger partial charge in [-0.1, -0.05) is 154 Å². The number of benzene rings is 4. The summed E-state index contributed by atoms with van der Waals surface area (Å²) in [6, 6.07) is 44.8. The highest BCUT2D eigenvalue weighted by molar-refractivity contribution is 7.73. The lowest BCUT2D eigenvalue weighted by Gasteiger charge is -2.28. The lowest BCUT2D eigenvalue weighted by molar-refractivity contribution is 0.299. The van der Waals surface area contributed by atoms with Crippen LogP contribution in [0.5, 0.6) is 0 Å². The van der Waals surface area contributed by atoms with Crippen LogP contribution in [0.15, 0.2) is 121 Å². The van der Waals surface area contributed by atoms with E-state index in [2.05, 4.69) is 133 Å². The summed E-state index contributed by atoms with van der Waals surface area (Å²) in [5, 5.41) is 5.97. The van der Waals surface area contributed by atoms with E-state index in [0.717, 1.165) is 13.1 Å². The van der Waals surface area contributed by atoms with Gasteiger partial charge < -0.3 is 4.90 Å². The van der Waals surface area contributed by atoms with E-state index < -0.39 is 0 Å². The molecule has 4 rings (SSSR count). The van der Waals surface area contributed by atoms with Crippen LogP contribution in [-0.2, 0) is 0 Å². The van der Waals surface area contributed by atoms with Gasteiger partial charge in [-0.15, -0.1) is 0 Å². The maximum atomic E-state index is 2.79. The van der Waals surface area contributed by atoms with Crippen molar-refractivity contribution in [2.75, 3.05) is 32.0 Å². The summed E-state index contributed by atoms with van der Waals surface area (Å²) in [6.45, 7) is 5.84. The van der Waals surface area contributed by atoms with Crippen LogP contribution in [0.25, 0.3) is 0 Å². The van der Waals surface area contributed by atoms with Gasteiger partial charge in [0.1, 0.15) is 0 Å². The minimum atomic E-state index is -0.358. The summed E-state index contributed by atoms with van der Waals surface area (Å²) < 4.78 is 0. The van der Waals surface area contributed by atoms with Crippen molar-refractivity contribution in [2.45, 2.75) is 39.0 Å². The van der Waals surface area contributed by atoms with Crippen molar-refractivity contribution >= 4 is 37.1 Å². The molecule has 3 heteroatoms. The molecule has 198 valence electrons. The predicted octanol–water partition coefficient (Wildman–Crippen LogP) is 7.52. The minimum absolute atomic E-state index is 0.358. The molecule has 0 radical (unpaired) electrons. The second-order valence-corrected chi connectivity index (χ2v) is 14.6. The van der Waals surface area contributed by atoms with Crippen LogP contribution in [-0.4, -0.2) is 36.9 Å². The molecule has 0 atom stereocenters. The zero-order valence-electron chi connectivity index (χ0n) is 23.0. The predicted molar refractivity (Wildman–Crippen MR) is 173 cm³/mol. The molecule has 0 amide bonds. The van der Waals surface area contributed by atoms with E-state index in [9.17, 15) is 0 Å². The van der Waals surface area contributed by atoms with Crippen molar-refractivity contribution in [3.63, 3.8) is 0 Å². The topological polar surface area (TPSA) is 3.24 Å². The van der Waals surface area contributed by atoms with Crippen LogP contribution in [0.3, 0.4) is 0 Å². The molecule has 0 saturated carbocycles. The van der Waals surface area contributed by atoms with Gasteiger partial charge in [0, 0.05) is 13.1 Å². The van der Waals surface area contributed by atoms with Crippen molar-refractivity contribution < 1.29 is 0 Å². The van der Waals surface area contributed by atoms with Crippen molar-refractivity contribution in [2.24, 2.45) is 0 Å². The summed E-state index contributed by atoms with van der Waals surface area (Å²) in [5.41, 5.74) is 0. The number of nitrogens with zero attached hydrogens (tertiary/aromatic N) is 1. The van der Waals surface area contributed by atoms with E-state index in [1.165, 1.54) is 72.2 Å². The van der Waals surface area contributed by atoms with Gasteiger partial charge in [0.15, 0.2) is 0 Å². The average molecular weight is 540 g/mol. The van der Waals surface area contributed by atoms with E-state index in [4.69, 9.17) is 0 Å². The van der Waals surface area contributed by atoms with E-state index >= 15 is 0 Å². The van der Waals surface area contributed by atoms with Gasteiger partial charge in [-0.3, -0.25) is 0 Å². The minimum Gasteiger partial charge on any atom is -0.303 e. The largest absolute Gasteiger partial charge is 0.303 e. The Hall–Kier alpha value is -2.30. The fourth-order valence-electron chi connectivity index (χ4n) is 5.00. The van der Waals surface area contributed by atoms with Gasteiger partial charge in [0.2, 0.25) is 0 Å². The molecule has 0 saturated heterocycles. The third-order valence-corrected chi connectivity index (χ3v) is 12.1. The highest BCUT2D eigenvalue weighted by Gasteiger charge is 2.18. The monoisotopic (exact) mass is 539 g/mol. The second kappa shape index (κ2) is 16.6. The highest BCUT2D eigenvalue weighted by Crippen LogP contribution is 2.35. The fourth-order valence-corrected chi connectivity index (χ4v) is 9.73. The van der Waals surface area contributed by atoms with Crippen LogP contribution in [0.4, 0.5) is 0 Å². The summed E-state index contributed by atoms with van der Waals surface area (Å²) in [5.74, 6) is 0. The van der Waals surface area contributed by atoms with Gasteiger partial charge in [-0.2, -0.15) is 0 Å². The van der Waals surface area contributed by atoms with Crippen molar-refractivity contribution in [1.29, 1.82) is 0 Å². The van der Waals surface area contributed by atoms with E-state index in [1.54, 1.807) is 0 Å². The Morgan fingerprint density at radius 2 is 0.763 bits per heavy atom. The van der Waals surface area contributed by atoms with Crippen LogP contribution in [0.1, 0.15) is 39.0 Å². The maximum absolute atomic E-state index is 2.79. The molecule has 4 aromatic carbocycles. The van der Waals surface area contributed by atoms with Crippen LogP contribution >= 0.6 is 15.8 Å². The lowest BCUT2D eigenvalue weighted by atomic mass is 10.1. The molecule has 0 heterocycles. The Bertz CT molecular complexity index is 970. The Morgan fingerprint density at radius 1 is 0.421 bits per heavy atom. The molecule has 0 spiro atoms. The number of hydrogen-bond acceptors (Lipinski definition) is 1. The van der Waals surface area contributed by atoms with E-state index in [-0.39, 0.29) is 15.8 Å². The van der Waals surface area contributed by atoms with Gasteiger partial charge >= 0.3 is 0 Å². The van der Waals surface area contributed by atoms with Crippen molar-refractivity contribution in [1.82, 2.24) is 4.90 Å². The summed E-state index contributed by atoms with van der Waals surface area (Å²) in [7, 11) is -0.716. The third-order valence-electron chi connectivity index (χ3n) is 7.13. The molecule has 0 aromatic heterocycles. The normalized spacial score (nSPS) is 11.5. The smallest absolute Gasteiger partial charge is 0.00268 e. The summed E-state index contributed by atoms with van der Waals surface area (Å²) in [6.07, 6.45) is 9.12. The Balaban J connectivity index is 1.48. The van der Waals surface area contributed by atoms with E-state index in [0.29, 0.717) is 0 Å². The molecule has 0 unspecified atom stereocenters. The van der Waals surface area contributed by atoms with Gasteiger partial charge in [-0.05, 0) is 62.4 Å².